The van der Waals surface area contributed by atoms with Crippen molar-refractivity contribution in [1.29, 1.82) is 0 Å². The van der Waals surface area contributed by atoms with Crippen molar-refractivity contribution < 1.29 is 4.39 Å². The van der Waals surface area contributed by atoms with E-state index in [1.807, 2.05) is 12.1 Å². The molecule has 1 saturated heterocycles. The number of benzene rings is 2. The van der Waals surface area contributed by atoms with Gasteiger partial charge in [0, 0.05) is 32.2 Å². The minimum absolute atomic E-state index is 0.239. The van der Waals surface area contributed by atoms with Gasteiger partial charge in [-0.3, -0.25) is 4.90 Å². The summed E-state index contributed by atoms with van der Waals surface area (Å²) in [6.07, 6.45) is 0. The Bertz CT molecular complexity index is 603. The van der Waals surface area contributed by atoms with Crippen LogP contribution in [0.3, 0.4) is 0 Å². The summed E-state index contributed by atoms with van der Waals surface area (Å²) in [4.78, 5) is 2.35. The van der Waals surface area contributed by atoms with E-state index in [0.717, 1.165) is 25.2 Å². The maximum atomic E-state index is 13.6. The molecule has 21 heavy (non-hydrogen) atoms. The van der Waals surface area contributed by atoms with Crippen molar-refractivity contribution in [3.8, 4) is 0 Å². The maximum Gasteiger partial charge on any atom is 0.142 e. The summed E-state index contributed by atoms with van der Waals surface area (Å²) >= 11 is 6.09. The lowest BCUT2D eigenvalue weighted by atomic mass is 10.0. The van der Waals surface area contributed by atoms with Crippen molar-refractivity contribution in [2.75, 3.05) is 19.6 Å². The normalized spacial score (nSPS) is 19.6. The van der Waals surface area contributed by atoms with E-state index in [1.165, 1.54) is 11.6 Å². The van der Waals surface area contributed by atoms with Gasteiger partial charge in [0.15, 0.2) is 0 Å². The summed E-state index contributed by atoms with van der Waals surface area (Å²) in [6.45, 7) is 3.43. The molecule has 3 rings (SSSR count). The van der Waals surface area contributed by atoms with Gasteiger partial charge in [-0.05, 0) is 17.2 Å². The van der Waals surface area contributed by atoms with Crippen molar-refractivity contribution in [2.45, 2.75) is 12.6 Å². The van der Waals surface area contributed by atoms with Crippen LogP contribution >= 0.6 is 11.6 Å². The lowest BCUT2D eigenvalue weighted by Crippen LogP contribution is -2.45. The van der Waals surface area contributed by atoms with Gasteiger partial charge in [0.2, 0.25) is 0 Å². The lowest BCUT2D eigenvalue weighted by Gasteiger charge is -2.36. The van der Waals surface area contributed by atoms with Crippen molar-refractivity contribution >= 4 is 11.6 Å². The van der Waals surface area contributed by atoms with Crippen LogP contribution in [0.25, 0.3) is 0 Å². The van der Waals surface area contributed by atoms with Gasteiger partial charge >= 0.3 is 0 Å². The van der Waals surface area contributed by atoms with Crippen LogP contribution in [-0.4, -0.2) is 24.5 Å². The number of rotatable bonds is 3. The molecule has 0 radical (unpaired) electrons. The van der Waals surface area contributed by atoms with E-state index in [9.17, 15) is 4.39 Å². The minimum Gasteiger partial charge on any atom is -0.314 e. The zero-order valence-corrected chi connectivity index (χ0v) is 12.5. The molecule has 1 heterocycles. The molecule has 1 aliphatic rings. The second-order valence-electron chi connectivity index (χ2n) is 5.31. The summed E-state index contributed by atoms with van der Waals surface area (Å²) in [6, 6.07) is 15.7. The standard InChI is InChI=1S/C17H18ClFN2/c18-17-14(7-4-8-15(17)19)12-21-10-9-20-11-16(21)13-5-2-1-3-6-13/h1-8,16,20H,9-12H2. The third-order valence-electron chi connectivity index (χ3n) is 3.94. The molecular formula is C17H18ClFN2. The Labute approximate surface area is 129 Å². The Balaban J connectivity index is 1.83. The van der Waals surface area contributed by atoms with Gasteiger partial charge in [0.1, 0.15) is 5.82 Å². The van der Waals surface area contributed by atoms with Crippen LogP contribution in [0.4, 0.5) is 4.39 Å². The molecule has 0 bridgehead atoms. The monoisotopic (exact) mass is 304 g/mol. The number of nitrogens with zero attached hydrogens (tertiary/aromatic N) is 1. The van der Waals surface area contributed by atoms with Gasteiger partial charge in [-0.25, -0.2) is 4.39 Å². The molecule has 1 N–H and O–H groups in total. The predicted octanol–water partition coefficient (Wildman–Crippen LogP) is 3.63. The molecule has 0 amide bonds. The Morgan fingerprint density at radius 2 is 1.95 bits per heavy atom. The molecule has 0 aromatic heterocycles. The second-order valence-corrected chi connectivity index (χ2v) is 5.69. The Kier molecular flexibility index (Phi) is 4.54. The van der Waals surface area contributed by atoms with E-state index < -0.39 is 0 Å². The lowest BCUT2D eigenvalue weighted by molar-refractivity contribution is 0.153. The summed E-state index contributed by atoms with van der Waals surface area (Å²) < 4.78 is 13.6. The quantitative estimate of drug-likeness (QED) is 0.931. The first-order chi connectivity index (χ1) is 10.3. The second kappa shape index (κ2) is 6.56. The van der Waals surface area contributed by atoms with E-state index in [2.05, 4.69) is 34.5 Å². The van der Waals surface area contributed by atoms with Gasteiger partial charge in [-0.15, -0.1) is 0 Å². The van der Waals surface area contributed by atoms with Crippen molar-refractivity contribution in [3.63, 3.8) is 0 Å². The number of piperazine rings is 1. The molecule has 1 atom stereocenters. The highest BCUT2D eigenvalue weighted by Crippen LogP contribution is 2.27. The fourth-order valence-corrected chi connectivity index (χ4v) is 3.01. The first kappa shape index (κ1) is 14.5. The largest absolute Gasteiger partial charge is 0.314 e. The molecule has 2 aromatic carbocycles. The Hall–Kier alpha value is -1.42. The van der Waals surface area contributed by atoms with Crippen molar-refractivity contribution in [1.82, 2.24) is 10.2 Å². The minimum atomic E-state index is -0.347. The van der Waals surface area contributed by atoms with E-state index in [-0.39, 0.29) is 10.8 Å². The third-order valence-corrected chi connectivity index (χ3v) is 4.37. The molecular weight excluding hydrogens is 287 g/mol. The first-order valence-corrected chi connectivity index (χ1v) is 7.56. The molecule has 2 aromatic rings. The van der Waals surface area contributed by atoms with E-state index >= 15 is 0 Å². The van der Waals surface area contributed by atoms with Crippen LogP contribution in [0.5, 0.6) is 0 Å². The molecule has 0 spiro atoms. The zero-order valence-electron chi connectivity index (χ0n) is 11.7. The van der Waals surface area contributed by atoms with Crippen LogP contribution in [0.1, 0.15) is 17.2 Å². The molecule has 1 unspecified atom stereocenters. The van der Waals surface area contributed by atoms with Crippen LogP contribution in [0.15, 0.2) is 48.5 Å². The summed E-state index contributed by atoms with van der Waals surface area (Å²) in [5, 5.41) is 3.67. The third kappa shape index (κ3) is 3.26. The number of nitrogens with one attached hydrogen (secondary N) is 1. The number of halogens is 2. The van der Waals surface area contributed by atoms with Crippen molar-refractivity contribution in [2.24, 2.45) is 0 Å². The first-order valence-electron chi connectivity index (χ1n) is 7.18. The average molecular weight is 305 g/mol. The molecule has 4 heteroatoms. The van der Waals surface area contributed by atoms with Crippen LogP contribution in [0, 0.1) is 5.82 Å². The van der Waals surface area contributed by atoms with Gasteiger partial charge in [-0.2, -0.15) is 0 Å². The fourth-order valence-electron chi connectivity index (χ4n) is 2.83. The highest BCUT2D eigenvalue weighted by atomic mass is 35.5. The Morgan fingerprint density at radius 1 is 1.14 bits per heavy atom. The molecule has 0 saturated carbocycles. The Morgan fingerprint density at radius 3 is 2.76 bits per heavy atom. The summed E-state index contributed by atoms with van der Waals surface area (Å²) in [5.74, 6) is -0.347. The average Bonchev–Trinajstić information content (AvgIpc) is 2.53. The van der Waals surface area contributed by atoms with Gasteiger partial charge in [0.25, 0.3) is 0 Å². The van der Waals surface area contributed by atoms with E-state index in [0.29, 0.717) is 12.6 Å². The highest BCUT2D eigenvalue weighted by molar-refractivity contribution is 6.31. The number of hydrogen-bond acceptors (Lipinski definition) is 2. The molecule has 110 valence electrons. The summed E-state index contributed by atoms with van der Waals surface area (Å²) in [5.41, 5.74) is 2.12. The van der Waals surface area contributed by atoms with Crippen LogP contribution in [-0.2, 0) is 6.54 Å². The van der Waals surface area contributed by atoms with E-state index in [1.54, 1.807) is 6.07 Å². The number of hydrogen-bond donors (Lipinski definition) is 1. The predicted molar refractivity (Wildman–Crippen MR) is 83.9 cm³/mol. The van der Waals surface area contributed by atoms with Crippen LogP contribution in [0.2, 0.25) is 5.02 Å². The molecule has 0 aliphatic carbocycles. The van der Waals surface area contributed by atoms with Gasteiger partial charge in [-0.1, -0.05) is 54.1 Å². The van der Waals surface area contributed by atoms with Crippen LogP contribution < -0.4 is 5.32 Å². The zero-order chi connectivity index (χ0) is 14.7. The summed E-state index contributed by atoms with van der Waals surface area (Å²) in [7, 11) is 0. The van der Waals surface area contributed by atoms with Gasteiger partial charge in [0.05, 0.1) is 5.02 Å². The maximum absolute atomic E-state index is 13.6. The molecule has 1 aliphatic heterocycles. The smallest absolute Gasteiger partial charge is 0.142 e. The molecule has 2 nitrogen and oxygen atoms in total. The fraction of sp³-hybridized carbons (Fsp3) is 0.294. The van der Waals surface area contributed by atoms with E-state index in [4.69, 9.17) is 11.6 Å². The highest BCUT2D eigenvalue weighted by Gasteiger charge is 2.24. The molecule has 1 fully saturated rings. The SMILES string of the molecule is Fc1cccc(CN2CCNCC2c2ccccc2)c1Cl. The topological polar surface area (TPSA) is 15.3 Å². The van der Waals surface area contributed by atoms with Crippen molar-refractivity contribution in [3.05, 3.63) is 70.5 Å². The van der Waals surface area contributed by atoms with Gasteiger partial charge < -0.3 is 5.32 Å².